The summed E-state index contributed by atoms with van der Waals surface area (Å²) < 4.78 is 29.7. The number of hydrogen-bond donors (Lipinski definition) is 1. The molecule has 0 aromatic carbocycles. The van der Waals surface area contributed by atoms with Gasteiger partial charge in [0.2, 0.25) is 0 Å². The van der Waals surface area contributed by atoms with Crippen molar-refractivity contribution in [2.24, 2.45) is 0 Å². The van der Waals surface area contributed by atoms with E-state index in [0.717, 1.165) is 6.42 Å². The Kier molecular flexibility index (Phi) is 5.00. The highest BCUT2D eigenvalue weighted by Gasteiger charge is 2.31. The van der Waals surface area contributed by atoms with Crippen LogP contribution in [0.2, 0.25) is 0 Å². The number of sulfone groups is 1. The molecular weight excluding hydrogens is 294 g/mol. The summed E-state index contributed by atoms with van der Waals surface area (Å²) in [5, 5.41) is 7.00. The Balaban J connectivity index is 2.02. The Morgan fingerprint density at radius 1 is 1.57 bits per heavy atom. The first kappa shape index (κ1) is 16.0. The van der Waals surface area contributed by atoms with Gasteiger partial charge in [-0.3, -0.25) is 9.48 Å². The van der Waals surface area contributed by atoms with Crippen LogP contribution >= 0.6 is 0 Å². The van der Waals surface area contributed by atoms with Crippen molar-refractivity contribution in [1.82, 2.24) is 15.1 Å². The van der Waals surface area contributed by atoms with Gasteiger partial charge in [-0.15, -0.1) is 0 Å². The monoisotopic (exact) mass is 315 g/mol. The summed E-state index contributed by atoms with van der Waals surface area (Å²) in [6.45, 7) is 2.93. The first-order valence-corrected chi connectivity index (χ1v) is 8.78. The molecular formula is C13H21N3O4S. The van der Waals surface area contributed by atoms with Crippen LogP contribution in [0.4, 0.5) is 0 Å². The lowest BCUT2D eigenvalue weighted by Crippen LogP contribution is -2.26. The maximum Gasteiger partial charge on any atom is 0.254 e. The van der Waals surface area contributed by atoms with Crippen LogP contribution in [0.25, 0.3) is 0 Å². The molecule has 1 aromatic heterocycles. The van der Waals surface area contributed by atoms with E-state index < -0.39 is 9.84 Å². The van der Waals surface area contributed by atoms with Gasteiger partial charge in [0.25, 0.3) is 5.91 Å². The van der Waals surface area contributed by atoms with Crippen molar-refractivity contribution in [1.29, 1.82) is 0 Å². The third kappa shape index (κ3) is 3.82. The van der Waals surface area contributed by atoms with Crippen LogP contribution in [0.3, 0.4) is 0 Å². The van der Waals surface area contributed by atoms with Gasteiger partial charge in [-0.2, -0.15) is 5.10 Å². The topological polar surface area (TPSA) is 90.3 Å². The molecule has 0 spiro atoms. The molecule has 1 aromatic rings. The molecule has 2 rings (SSSR count). The van der Waals surface area contributed by atoms with Gasteiger partial charge in [0, 0.05) is 26.0 Å². The van der Waals surface area contributed by atoms with Crippen molar-refractivity contribution in [3.63, 3.8) is 0 Å². The third-order valence-corrected chi connectivity index (χ3v) is 5.40. The van der Waals surface area contributed by atoms with Crippen LogP contribution in [0.1, 0.15) is 34.9 Å². The first-order chi connectivity index (χ1) is 9.94. The zero-order chi connectivity index (χ0) is 15.5. The standard InChI is InChI=1S/C13H21N3O4S/c1-10-12(13(17)14-5-3-6-20-2)8-15-16(10)11-4-7-21(18,19)9-11/h8,11H,3-7,9H2,1-2H3,(H,14,17). The molecule has 0 bridgehead atoms. The van der Waals surface area contributed by atoms with E-state index in [4.69, 9.17) is 4.74 Å². The number of amides is 1. The minimum absolute atomic E-state index is 0.102. The smallest absolute Gasteiger partial charge is 0.254 e. The molecule has 0 aliphatic carbocycles. The average molecular weight is 315 g/mol. The lowest BCUT2D eigenvalue weighted by atomic mass is 10.2. The molecule has 0 saturated carbocycles. The number of nitrogens with one attached hydrogen (secondary N) is 1. The minimum atomic E-state index is -2.97. The zero-order valence-electron chi connectivity index (χ0n) is 12.3. The van der Waals surface area contributed by atoms with E-state index >= 15 is 0 Å². The number of methoxy groups -OCH3 is 1. The van der Waals surface area contributed by atoms with E-state index in [-0.39, 0.29) is 23.5 Å². The van der Waals surface area contributed by atoms with Crippen LogP contribution < -0.4 is 5.32 Å². The number of hydrogen-bond acceptors (Lipinski definition) is 5. The Morgan fingerprint density at radius 3 is 2.95 bits per heavy atom. The van der Waals surface area contributed by atoms with Crippen molar-refractivity contribution >= 4 is 15.7 Å². The highest BCUT2D eigenvalue weighted by atomic mass is 32.2. The predicted molar refractivity (Wildman–Crippen MR) is 78.1 cm³/mol. The molecule has 8 heteroatoms. The molecule has 1 atom stereocenters. The van der Waals surface area contributed by atoms with Crippen LogP contribution in [-0.2, 0) is 14.6 Å². The average Bonchev–Trinajstić information content (AvgIpc) is 2.97. The maximum absolute atomic E-state index is 12.1. The third-order valence-electron chi connectivity index (χ3n) is 3.65. The molecule has 7 nitrogen and oxygen atoms in total. The molecule has 1 amide bonds. The second kappa shape index (κ2) is 6.57. The van der Waals surface area contributed by atoms with E-state index in [0.29, 0.717) is 30.8 Å². The Bertz CT molecular complexity index is 609. The minimum Gasteiger partial charge on any atom is -0.385 e. The van der Waals surface area contributed by atoms with Crippen LogP contribution in [0.15, 0.2) is 6.20 Å². The van der Waals surface area contributed by atoms with Gasteiger partial charge < -0.3 is 10.1 Å². The van der Waals surface area contributed by atoms with Crippen LogP contribution in [-0.4, -0.2) is 55.9 Å². The second-order valence-corrected chi connectivity index (χ2v) is 7.48. The highest BCUT2D eigenvalue weighted by molar-refractivity contribution is 7.91. The van der Waals surface area contributed by atoms with Gasteiger partial charge in [0.1, 0.15) is 0 Å². The molecule has 118 valence electrons. The molecule has 2 heterocycles. The van der Waals surface area contributed by atoms with Crippen molar-refractivity contribution in [3.8, 4) is 0 Å². The Morgan fingerprint density at radius 2 is 2.33 bits per heavy atom. The Hall–Kier alpha value is -1.41. The van der Waals surface area contributed by atoms with Gasteiger partial charge in [0.15, 0.2) is 9.84 Å². The van der Waals surface area contributed by atoms with Gasteiger partial charge in [0.05, 0.1) is 29.3 Å². The summed E-state index contributed by atoms with van der Waals surface area (Å²) >= 11 is 0. The predicted octanol–water partition coefficient (Wildman–Crippen LogP) is 0.317. The highest BCUT2D eigenvalue weighted by Crippen LogP contribution is 2.25. The van der Waals surface area contributed by atoms with Gasteiger partial charge >= 0.3 is 0 Å². The number of aromatic nitrogens is 2. The molecule has 1 N–H and O–H groups in total. The SMILES string of the molecule is COCCCNC(=O)c1cnn(C2CCS(=O)(=O)C2)c1C. The summed E-state index contributed by atoms with van der Waals surface area (Å²) in [7, 11) is -1.35. The summed E-state index contributed by atoms with van der Waals surface area (Å²) in [4.78, 5) is 12.1. The molecule has 21 heavy (non-hydrogen) atoms. The summed E-state index contributed by atoms with van der Waals surface area (Å²) in [6.07, 6.45) is 2.81. The number of rotatable bonds is 6. The molecule has 1 fully saturated rings. The number of carbonyl (C=O) groups is 1. The van der Waals surface area contributed by atoms with Gasteiger partial charge in [-0.25, -0.2) is 8.42 Å². The molecule has 1 aliphatic rings. The number of nitrogens with zero attached hydrogens (tertiary/aromatic N) is 2. The van der Waals surface area contributed by atoms with E-state index in [1.165, 1.54) is 6.20 Å². The summed E-state index contributed by atoms with van der Waals surface area (Å²) in [5.41, 5.74) is 1.21. The Labute approximate surface area is 124 Å². The fourth-order valence-corrected chi connectivity index (χ4v) is 4.19. The van der Waals surface area contributed by atoms with Crippen LogP contribution in [0, 0.1) is 6.92 Å². The molecule has 0 radical (unpaired) electrons. The number of ether oxygens (including phenoxy) is 1. The van der Waals surface area contributed by atoms with Crippen molar-refractivity contribution in [2.75, 3.05) is 31.8 Å². The quantitative estimate of drug-likeness (QED) is 0.763. The first-order valence-electron chi connectivity index (χ1n) is 6.96. The van der Waals surface area contributed by atoms with Gasteiger partial charge in [-0.1, -0.05) is 0 Å². The van der Waals surface area contributed by atoms with E-state index in [9.17, 15) is 13.2 Å². The molecule has 1 aliphatic heterocycles. The molecule has 1 saturated heterocycles. The number of carbonyl (C=O) groups excluding carboxylic acids is 1. The van der Waals surface area contributed by atoms with Crippen molar-refractivity contribution in [3.05, 3.63) is 17.5 Å². The zero-order valence-corrected chi connectivity index (χ0v) is 13.1. The van der Waals surface area contributed by atoms with Crippen LogP contribution in [0.5, 0.6) is 0 Å². The van der Waals surface area contributed by atoms with Crippen molar-refractivity contribution in [2.45, 2.75) is 25.8 Å². The van der Waals surface area contributed by atoms with Crippen molar-refractivity contribution < 1.29 is 17.9 Å². The molecule has 1 unspecified atom stereocenters. The summed E-state index contributed by atoms with van der Waals surface area (Å²) in [6, 6.07) is -0.162. The van der Waals surface area contributed by atoms with Gasteiger partial charge in [-0.05, 0) is 19.8 Å². The lowest BCUT2D eigenvalue weighted by Gasteiger charge is -2.11. The summed E-state index contributed by atoms with van der Waals surface area (Å²) in [5.74, 6) is 0.107. The maximum atomic E-state index is 12.1. The van der Waals surface area contributed by atoms with E-state index in [1.807, 2.05) is 0 Å². The van der Waals surface area contributed by atoms with E-state index in [1.54, 1.807) is 18.7 Å². The fraction of sp³-hybridized carbons (Fsp3) is 0.692. The fourth-order valence-electron chi connectivity index (χ4n) is 2.50. The lowest BCUT2D eigenvalue weighted by molar-refractivity contribution is 0.0948. The van der Waals surface area contributed by atoms with E-state index in [2.05, 4.69) is 10.4 Å². The largest absolute Gasteiger partial charge is 0.385 e. The normalized spacial score (nSPS) is 20.6. The second-order valence-electron chi connectivity index (χ2n) is 5.25.